The molecule has 0 rings (SSSR count). The highest BCUT2D eigenvalue weighted by molar-refractivity contribution is 8.00. The SMILES string of the molecule is CCCCCCC[C@@H](SCC(N[C@@H](C)C(=O)O)C(=O)OCC)C(=O)OCC. The number of nitrogens with one attached hydrogen (secondary N) is 1. The number of rotatable bonds is 16. The van der Waals surface area contributed by atoms with Crippen LogP contribution in [0, 0.1) is 0 Å². The van der Waals surface area contributed by atoms with Gasteiger partial charge in [0.05, 0.1) is 13.2 Å². The van der Waals surface area contributed by atoms with E-state index in [4.69, 9.17) is 14.6 Å². The fourth-order valence-corrected chi connectivity index (χ4v) is 3.64. The van der Waals surface area contributed by atoms with E-state index in [-0.39, 0.29) is 23.6 Å². The van der Waals surface area contributed by atoms with Crippen LogP contribution in [0.1, 0.15) is 66.2 Å². The predicted octanol–water partition coefficient (Wildman–Crippen LogP) is 3.01. The van der Waals surface area contributed by atoms with Gasteiger partial charge in [0.1, 0.15) is 17.3 Å². The van der Waals surface area contributed by atoms with Gasteiger partial charge in [0.2, 0.25) is 0 Å². The first-order valence-corrected chi connectivity index (χ1v) is 10.9. The fraction of sp³-hybridized carbons (Fsp3) is 0.842. The summed E-state index contributed by atoms with van der Waals surface area (Å²) in [7, 11) is 0. The molecule has 7 nitrogen and oxygen atoms in total. The lowest BCUT2D eigenvalue weighted by molar-refractivity contribution is -0.146. The highest BCUT2D eigenvalue weighted by Crippen LogP contribution is 2.21. The predicted molar refractivity (Wildman–Crippen MR) is 107 cm³/mol. The van der Waals surface area contributed by atoms with E-state index in [9.17, 15) is 14.4 Å². The molecular formula is C19H35NO6S. The summed E-state index contributed by atoms with van der Waals surface area (Å²) in [6.45, 7) is 7.59. The summed E-state index contributed by atoms with van der Waals surface area (Å²) in [5.74, 6) is -1.60. The molecule has 0 aliphatic heterocycles. The zero-order valence-corrected chi connectivity index (χ0v) is 17.8. The Kier molecular flexibility index (Phi) is 15.0. The van der Waals surface area contributed by atoms with Crippen molar-refractivity contribution in [3.63, 3.8) is 0 Å². The molecule has 1 unspecified atom stereocenters. The molecule has 8 heteroatoms. The van der Waals surface area contributed by atoms with Gasteiger partial charge < -0.3 is 14.6 Å². The Bertz CT molecular complexity index is 446. The lowest BCUT2D eigenvalue weighted by atomic mass is 10.1. The Labute approximate surface area is 166 Å². The van der Waals surface area contributed by atoms with Gasteiger partial charge >= 0.3 is 17.9 Å². The molecule has 0 radical (unpaired) electrons. The highest BCUT2D eigenvalue weighted by Gasteiger charge is 2.28. The molecule has 0 amide bonds. The molecule has 0 aliphatic carbocycles. The van der Waals surface area contributed by atoms with E-state index in [0.717, 1.165) is 25.7 Å². The number of thioether (sulfide) groups is 1. The van der Waals surface area contributed by atoms with Gasteiger partial charge in [-0.15, -0.1) is 11.8 Å². The standard InChI is InChI=1S/C19H35NO6S/c1-5-8-9-10-11-12-16(19(24)26-7-3)27-13-15(18(23)25-6-2)20-14(4)17(21)22/h14-16,20H,5-13H2,1-4H3,(H,21,22)/t14-,15?,16+/m0/s1. The average molecular weight is 406 g/mol. The summed E-state index contributed by atoms with van der Waals surface area (Å²) in [5.41, 5.74) is 0. The van der Waals surface area contributed by atoms with Crippen LogP contribution in [-0.2, 0) is 23.9 Å². The van der Waals surface area contributed by atoms with Crippen LogP contribution in [0.2, 0.25) is 0 Å². The molecule has 158 valence electrons. The molecule has 2 N–H and O–H groups in total. The molecule has 0 saturated carbocycles. The minimum absolute atomic E-state index is 0.210. The first-order chi connectivity index (χ1) is 12.9. The zero-order valence-electron chi connectivity index (χ0n) is 17.0. The van der Waals surface area contributed by atoms with Gasteiger partial charge in [-0.2, -0.15) is 0 Å². The van der Waals surface area contributed by atoms with E-state index in [2.05, 4.69) is 12.2 Å². The number of carboxylic acid groups (broad SMARTS) is 1. The summed E-state index contributed by atoms with van der Waals surface area (Å²) in [4.78, 5) is 35.4. The summed E-state index contributed by atoms with van der Waals surface area (Å²) in [6.07, 6.45) is 6.13. The molecule has 27 heavy (non-hydrogen) atoms. The van der Waals surface area contributed by atoms with Crippen LogP contribution in [0.3, 0.4) is 0 Å². The van der Waals surface area contributed by atoms with Crippen molar-refractivity contribution in [2.45, 2.75) is 83.6 Å². The molecule has 0 aliphatic rings. The highest BCUT2D eigenvalue weighted by atomic mass is 32.2. The number of unbranched alkanes of at least 4 members (excludes halogenated alkanes) is 4. The second kappa shape index (κ2) is 15.7. The van der Waals surface area contributed by atoms with Crippen molar-refractivity contribution >= 4 is 29.7 Å². The van der Waals surface area contributed by atoms with E-state index in [1.54, 1.807) is 13.8 Å². The molecule has 0 aromatic carbocycles. The number of ether oxygens (including phenoxy) is 2. The number of hydrogen-bond acceptors (Lipinski definition) is 7. The van der Waals surface area contributed by atoms with Gasteiger partial charge in [0, 0.05) is 5.75 Å². The van der Waals surface area contributed by atoms with Crippen molar-refractivity contribution in [3.05, 3.63) is 0 Å². The van der Waals surface area contributed by atoms with Crippen molar-refractivity contribution in [3.8, 4) is 0 Å². The fourth-order valence-electron chi connectivity index (χ4n) is 2.45. The summed E-state index contributed by atoms with van der Waals surface area (Å²) in [6, 6.07) is -1.69. The first kappa shape index (κ1) is 25.7. The molecule has 0 heterocycles. The van der Waals surface area contributed by atoms with Gasteiger partial charge in [-0.05, 0) is 27.2 Å². The van der Waals surface area contributed by atoms with Crippen LogP contribution in [-0.4, -0.2) is 59.3 Å². The topological polar surface area (TPSA) is 102 Å². The minimum atomic E-state index is -1.05. The molecule has 3 atom stereocenters. The molecule has 0 fully saturated rings. The van der Waals surface area contributed by atoms with Crippen LogP contribution in [0.5, 0.6) is 0 Å². The van der Waals surface area contributed by atoms with E-state index in [1.165, 1.54) is 25.1 Å². The smallest absolute Gasteiger partial charge is 0.324 e. The Morgan fingerprint density at radius 3 is 2.11 bits per heavy atom. The Hall–Kier alpha value is -1.28. The molecular weight excluding hydrogens is 370 g/mol. The molecule has 0 spiro atoms. The number of hydrogen-bond donors (Lipinski definition) is 2. The van der Waals surface area contributed by atoms with Crippen molar-refractivity contribution in [1.82, 2.24) is 5.32 Å². The molecule has 0 bridgehead atoms. The van der Waals surface area contributed by atoms with Crippen molar-refractivity contribution in [1.29, 1.82) is 0 Å². The summed E-state index contributed by atoms with van der Waals surface area (Å²) in [5, 5.41) is 11.5. The average Bonchev–Trinajstić information content (AvgIpc) is 2.62. The second-order valence-electron chi connectivity index (χ2n) is 6.31. The lowest BCUT2D eigenvalue weighted by Gasteiger charge is -2.22. The summed E-state index contributed by atoms with van der Waals surface area (Å²) >= 11 is 1.32. The number of carboxylic acids is 1. The van der Waals surface area contributed by atoms with Crippen LogP contribution in [0.15, 0.2) is 0 Å². The summed E-state index contributed by atoms with van der Waals surface area (Å²) < 4.78 is 10.2. The number of esters is 2. The first-order valence-electron chi connectivity index (χ1n) is 9.80. The third kappa shape index (κ3) is 11.9. The second-order valence-corrected chi connectivity index (χ2v) is 7.54. The normalized spacial score (nSPS) is 14.2. The van der Waals surface area contributed by atoms with Crippen molar-refractivity contribution in [2.75, 3.05) is 19.0 Å². The Balaban J connectivity index is 4.81. The van der Waals surface area contributed by atoms with Crippen LogP contribution in [0.4, 0.5) is 0 Å². The van der Waals surface area contributed by atoms with Gasteiger partial charge in [-0.3, -0.25) is 19.7 Å². The molecule has 0 aromatic rings. The van der Waals surface area contributed by atoms with E-state index in [1.807, 2.05) is 0 Å². The third-order valence-electron chi connectivity index (χ3n) is 3.98. The third-order valence-corrected chi connectivity index (χ3v) is 5.33. The number of aliphatic carboxylic acids is 1. The van der Waals surface area contributed by atoms with Crippen LogP contribution in [0.25, 0.3) is 0 Å². The minimum Gasteiger partial charge on any atom is -0.480 e. The van der Waals surface area contributed by atoms with E-state index >= 15 is 0 Å². The van der Waals surface area contributed by atoms with Gasteiger partial charge in [-0.25, -0.2) is 0 Å². The van der Waals surface area contributed by atoms with Gasteiger partial charge in [-0.1, -0.05) is 39.0 Å². The maximum atomic E-state index is 12.2. The van der Waals surface area contributed by atoms with Crippen LogP contribution < -0.4 is 5.32 Å². The molecule has 0 aromatic heterocycles. The molecule has 0 saturated heterocycles. The number of carbonyl (C=O) groups excluding carboxylic acids is 2. The van der Waals surface area contributed by atoms with Crippen molar-refractivity contribution in [2.24, 2.45) is 0 Å². The lowest BCUT2D eigenvalue weighted by Crippen LogP contribution is -2.48. The largest absolute Gasteiger partial charge is 0.480 e. The monoisotopic (exact) mass is 405 g/mol. The van der Waals surface area contributed by atoms with Crippen molar-refractivity contribution < 1.29 is 29.0 Å². The Morgan fingerprint density at radius 1 is 0.963 bits per heavy atom. The maximum Gasteiger partial charge on any atom is 0.324 e. The Morgan fingerprint density at radius 2 is 1.56 bits per heavy atom. The van der Waals surface area contributed by atoms with Gasteiger partial charge in [0.15, 0.2) is 0 Å². The quantitative estimate of drug-likeness (QED) is 0.298. The maximum absolute atomic E-state index is 12.2. The number of carbonyl (C=O) groups is 3. The van der Waals surface area contributed by atoms with Crippen LogP contribution >= 0.6 is 11.8 Å². The zero-order chi connectivity index (χ0) is 20.7. The van der Waals surface area contributed by atoms with E-state index in [0.29, 0.717) is 13.0 Å². The van der Waals surface area contributed by atoms with Gasteiger partial charge in [0.25, 0.3) is 0 Å². The van der Waals surface area contributed by atoms with E-state index < -0.39 is 24.0 Å².